The van der Waals surface area contributed by atoms with Gasteiger partial charge in [0.25, 0.3) is 12.3 Å². The van der Waals surface area contributed by atoms with Crippen molar-refractivity contribution in [1.82, 2.24) is 14.8 Å². The van der Waals surface area contributed by atoms with Crippen LogP contribution in [0.1, 0.15) is 5.56 Å². The van der Waals surface area contributed by atoms with Gasteiger partial charge in [0.15, 0.2) is 0 Å². The van der Waals surface area contributed by atoms with Gasteiger partial charge in [-0.15, -0.1) is 9.32 Å². The molecule has 9 heteroatoms. The van der Waals surface area contributed by atoms with Crippen LogP contribution < -0.4 is 14.8 Å². The lowest BCUT2D eigenvalue weighted by molar-refractivity contribution is -0.199. The fraction of sp³-hybridized carbons (Fsp3) is 0.0667. The highest BCUT2D eigenvalue weighted by molar-refractivity contribution is 7.90. The van der Waals surface area contributed by atoms with E-state index in [0.717, 1.165) is 11.3 Å². The molecule has 1 aromatic heterocycles. The molecule has 0 saturated carbocycles. The summed E-state index contributed by atoms with van der Waals surface area (Å²) in [6, 6.07) is 14.8. The second-order valence-electron chi connectivity index (χ2n) is 4.63. The SMILES string of the molecule is NOOSOc1ccc(Oc2cccc(Cn3cncn3)c2)cc1. The predicted octanol–water partition coefficient (Wildman–Crippen LogP) is 2.88. The summed E-state index contributed by atoms with van der Waals surface area (Å²) in [7, 11) is 0. The van der Waals surface area contributed by atoms with Crippen molar-refractivity contribution in [2.24, 2.45) is 5.90 Å². The topological polar surface area (TPSA) is 93.7 Å². The molecule has 3 aromatic rings. The third kappa shape index (κ3) is 4.70. The van der Waals surface area contributed by atoms with Crippen LogP contribution in [0.15, 0.2) is 61.2 Å². The molecule has 0 radical (unpaired) electrons. The number of nitrogens with zero attached hydrogens (tertiary/aromatic N) is 3. The molecule has 1 heterocycles. The maximum absolute atomic E-state index is 5.84. The van der Waals surface area contributed by atoms with E-state index in [1.807, 2.05) is 24.3 Å². The first kappa shape index (κ1) is 16.3. The molecule has 0 amide bonds. The van der Waals surface area contributed by atoms with Crippen molar-refractivity contribution in [2.45, 2.75) is 6.54 Å². The van der Waals surface area contributed by atoms with Gasteiger partial charge in [0, 0.05) is 0 Å². The van der Waals surface area contributed by atoms with E-state index in [0.29, 0.717) is 30.4 Å². The Morgan fingerprint density at radius 2 is 1.88 bits per heavy atom. The van der Waals surface area contributed by atoms with Crippen LogP contribution >= 0.6 is 12.3 Å². The molecular formula is C15H14N4O4S. The van der Waals surface area contributed by atoms with Gasteiger partial charge in [-0.1, -0.05) is 12.1 Å². The van der Waals surface area contributed by atoms with Gasteiger partial charge in [-0.25, -0.2) is 9.67 Å². The zero-order chi connectivity index (χ0) is 16.6. The summed E-state index contributed by atoms with van der Waals surface area (Å²) in [5.74, 6) is 6.69. The Labute approximate surface area is 142 Å². The number of rotatable bonds is 8. The van der Waals surface area contributed by atoms with Crippen LogP contribution in [-0.2, 0) is 15.9 Å². The molecule has 0 atom stereocenters. The number of ether oxygens (including phenoxy) is 1. The number of hydrogen-bond acceptors (Lipinski definition) is 8. The second-order valence-corrected chi connectivity index (χ2v) is 5.07. The molecule has 0 unspecified atom stereocenters. The number of benzene rings is 2. The Morgan fingerprint density at radius 1 is 1.04 bits per heavy atom. The highest BCUT2D eigenvalue weighted by Gasteiger charge is 2.02. The molecule has 2 aromatic carbocycles. The summed E-state index contributed by atoms with van der Waals surface area (Å²) in [5, 5.41) is 4.09. The molecule has 3 rings (SSSR count). The first-order chi connectivity index (χ1) is 11.8. The highest BCUT2D eigenvalue weighted by atomic mass is 32.2. The van der Waals surface area contributed by atoms with Gasteiger partial charge in [-0.3, -0.25) is 0 Å². The van der Waals surface area contributed by atoms with Gasteiger partial charge in [0.2, 0.25) is 0 Å². The zero-order valence-corrected chi connectivity index (χ0v) is 13.3. The van der Waals surface area contributed by atoms with Crippen LogP contribution in [0, 0.1) is 0 Å². The highest BCUT2D eigenvalue weighted by Crippen LogP contribution is 2.26. The third-order valence-electron chi connectivity index (χ3n) is 2.97. The number of hydrogen-bond donors (Lipinski definition) is 1. The lowest BCUT2D eigenvalue weighted by Crippen LogP contribution is -1.99. The fourth-order valence-electron chi connectivity index (χ4n) is 1.98. The minimum atomic E-state index is 0.573. The number of aromatic nitrogens is 3. The fourth-order valence-corrected chi connectivity index (χ4v) is 2.23. The predicted molar refractivity (Wildman–Crippen MR) is 86.7 cm³/mol. The van der Waals surface area contributed by atoms with Gasteiger partial charge < -0.3 is 8.92 Å². The number of nitrogens with two attached hydrogens (primary N) is 1. The molecule has 2 N–H and O–H groups in total. The van der Waals surface area contributed by atoms with E-state index in [1.165, 1.54) is 6.33 Å². The largest absolute Gasteiger partial charge is 0.457 e. The van der Waals surface area contributed by atoms with E-state index in [4.69, 9.17) is 14.8 Å². The Morgan fingerprint density at radius 3 is 2.62 bits per heavy atom. The first-order valence-corrected chi connectivity index (χ1v) is 7.56. The van der Waals surface area contributed by atoms with E-state index in [2.05, 4.69) is 19.4 Å². The van der Waals surface area contributed by atoms with E-state index >= 15 is 0 Å². The van der Waals surface area contributed by atoms with Gasteiger partial charge in [-0.05, 0) is 42.0 Å². The Kier molecular flexibility index (Phi) is 5.64. The Hall–Kier alpha value is -2.59. The molecule has 0 aliphatic rings. The van der Waals surface area contributed by atoms with Gasteiger partial charge in [0.05, 0.1) is 6.54 Å². The van der Waals surface area contributed by atoms with Crippen LogP contribution in [0.5, 0.6) is 17.2 Å². The molecule has 0 aliphatic carbocycles. The molecule has 0 spiro atoms. The monoisotopic (exact) mass is 346 g/mol. The van der Waals surface area contributed by atoms with Crippen molar-refractivity contribution >= 4 is 12.3 Å². The van der Waals surface area contributed by atoms with Crippen LogP contribution in [0.3, 0.4) is 0 Å². The molecule has 8 nitrogen and oxygen atoms in total. The Bertz CT molecular complexity index is 752. The maximum Gasteiger partial charge on any atom is 0.260 e. The van der Waals surface area contributed by atoms with Crippen molar-refractivity contribution in [1.29, 1.82) is 0 Å². The van der Waals surface area contributed by atoms with E-state index < -0.39 is 0 Å². The minimum Gasteiger partial charge on any atom is -0.457 e. The Balaban J connectivity index is 1.61. The van der Waals surface area contributed by atoms with E-state index in [1.54, 1.807) is 35.3 Å². The summed E-state index contributed by atoms with van der Waals surface area (Å²) >= 11 is 0.618. The molecule has 0 fully saturated rings. The van der Waals surface area contributed by atoms with Gasteiger partial charge in [0.1, 0.15) is 29.9 Å². The van der Waals surface area contributed by atoms with E-state index in [9.17, 15) is 0 Å². The van der Waals surface area contributed by atoms with Gasteiger partial charge >= 0.3 is 0 Å². The molecule has 124 valence electrons. The summed E-state index contributed by atoms with van der Waals surface area (Å²) in [6.07, 6.45) is 3.18. The normalized spacial score (nSPS) is 10.5. The summed E-state index contributed by atoms with van der Waals surface area (Å²) in [5.41, 5.74) is 1.06. The van der Waals surface area contributed by atoms with Crippen LogP contribution in [-0.4, -0.2) is 14.8 Å². The van der Waals surface area contributed by atoms with Crippen molar-refractivity contribution < 1.29 is 18.2 Å². The zero-order valence-electron chi connectivity index (χ0n) is 12.4. The second kappa shape index (κ2) is 8.31. The molecular weight excluding hydrogens is 332 g/mol. The molecule has 0 saturated heterocycles. The van der Waals surface area contributed by atoms with Gasteiger partial charge in [-0.2, -0.15) is 11.0 Å². The van der Waals surface area contributed by atoms with Crippen molar-refractivity contribution in [3.63, 3.8) is 0 Å². The lowest BCUT2D eigenvalue weighted by atomic mass is 10.2. The average molecular weight is 346 g/mol. The molecule has 0 bridgehead atoms. The molecule has 24 heavy (non-hydrogen) atoms. The van der Waals surface area contributed by atoms with Crippen LogP contribution in [0.4, 0.5) is 0 Å². The third-order valence-corrected chi connectivity index (χ3v) is 3.36. The van der Waals surface area contributed by atoms with Crippen molar-refractivity contribution in [3.8, 4) is 17.2 Å². The van der Waals surface area contributed by atoms with Crippen LogP contribution in [0.2, 0.25) is 0 Å². The lowest BCUT2D eigenvalue weighted by Gasteiger charge is -2.08. The summed E-state index contributed by atoms with van der Waals surface area (Å²) < 4.78 is 17.1. The van der Waals surface area contributed by atoms with Crippen molar-refractivity contribution in [2.75, 3.05) is 0 Å². The first-order valence-electron chi connectivity index (χ1n) is 6.89. The maximum atomic E-state index is 5.84. The summed E-state index contributed by atoms with van der Waals surface area (Å²) in [4.78, 5) is 7.84. The average Bonchev–Trinajstić information content (AvgIpc) is 3.10. The molecule has 0 aliphatic heterocycles. The summed E-state index contributed by atoms with van der Waals surface area (Å²) in [6.45, 7) is 0.629. The smallest absolute Gasteiger partial charge is 0.260 e. The van der Waals surface area contributed by atoms with E-state index in [-0.39, 0.29) is 0 Å². The van der Waals surface area contributed by atoms with Crippen molar-refractivity contribution in [3.05, 3.63) is 66.7 Å². The standard InChI is InChI=1S/C15H14N4O4S/c16-22-23-24-21-14-6-4-13(5-7-14)20-15-3-1-2-12(8-15)9-19-11-17-10-18-19/h1-8,10-11H,9,16H2. The quantitative estimate of drug-likeness (QED) is 0.288. The van der Waals surface area contributed by atoms with Crippen LogP contribution in [0.25, 0.3) is 0 Å². The minimum absolute atomic E-state index is 0.573.